The van der Waals surface area contributed by atoms with Gasteiger partial charge in [0.2, 0.25) is 0 Å². The third-order valence-electron chi connectivity index (χ3n) is 5.40. The van der Waals surface area contributed by atoms with Crippen molar-refractivity contribution in [1.29, 1.82) is 0 Å². The highest BCUT2D eigenvalue weighted by Gasteiger charge is 2.11. The van der Waals surface area contributed by atoms with Crippen LogP contribution in [-0.4, -0.2) is 11.1 Å². The molecule has 156 valence electrons. The third kappa shape index (κ3) is 4.69. The zero-order valence-electron chi connectivity index (χ0n) is 17.7. The molecule has 4 nitrogen and oxygen atoms in total. The monoisotopic (exact) mass is 411 g/mol. The van der Waals surface area contributed by atoms with Gasteiger partial charge in [0.25, 0.3) is 0 Å². The van der Waals surface area contributed by atoms with E-state index in [1.54, 1.807) is 12.1 Å². The molecule has 0 spiro atoms. The van der Waals surface area contributed by atoms with Crippen LogP contribution >= 0.6 is 0 Å². The normalized spacial score (nSPS) is 10.8. The van der Waals surface area contributed by atoms with Gasteiger partial charge in [-0.2, -0.15) is 0 Å². The maximum Gasteiger partial charge on any atom is 0.335 e. The first-order chi connectivity index (χ1) is 15.0. The van der Waals surface area contributed by atoms with Gasteiger partial charge in [-0.1, -0.05) is 60.2 Å². The molecule has 4 heteroatoms. The number of nitrogens with one attached hydrogen (secondary N) is 1. The van der Waals surface area contributed by atoms with Crippen LogP contribution in [0, 0.1) is 13.8 Å². The van der Waals surface area contributed by atoms with E-state index >= 15 is 0 Å². The standard InChI is InChI=1S/C27H25NO3/c1-18-6-5-7-20(14-18)17-31-26-13-11-21-8-3-4-9-23(21)24(26)16-28-25-12-10-22(27(29)30)15-19(25)2/h3-15,28H,16-17H2,1-2H3,(H,29,30). The minimum Gasteiger partial charge on any atom is -0.489 e. The van der Waals surface area contributed by atoms with Crippen molar-refractivity contribution in [3.63, 3.8) is 0 Å². The quantitative estimate of drug-likeness (QED) is 0.372. The van der Waals surface area contributed by atoms with Gasteiger partial charge in [0.15, 0.2) is 0 Å². The van der Waals surface area contributed by atoms with E-state index in [1.165, 1.54) is 5.56 Å². The number of rotatable bonds is 7. The highest BCUT2D eigenvalue weighted by atomic mass is 16.5. The predicted octanol–water partition coefficient (Wildman–Crippen LogP) is 6.35. The van der Waals surface area contributed by atoms with Crippen molar-refractivity contribution in [2.24, 2.45) is 0 Å². The average Bonchev–Trinajstić information content (AvgIpc) is 2.77. The summed E-state index contributed by atoms with van der Waals surface area (Å²) in [5.41, 5.74) is 5.50. The molecule has 4 aromatic carbocycles. The maximum atomic E-state index is 11.2. The van der Waals surface area contributed by atoms with Crippen molar-refractivity contribution in [3.05, 3.63) is 107 Å². The van der Waals surface area contributed by atoms with E-state index in [2.05, 4.69) is 48.6 Å². The summed E-state index contributed by atoms with van der Waals surface area (Å²) in [6.07, 6.45) is 0. The first kappa shape index (κ1) is 20.5. The molecule has 0 amide bonds. The molecule has 0 heterocycles. The highest BCUT2D eigenvalue weighted by Crippen LogP contribution is 2.30. The number of carbonyl (C=O) groups is 1. The molecule has 0 radical (unpaired) electrons. The molecule has 0 fully saturated rings. The van der Waals surface area contributed by atoms with Crippen molar-refractivity contribution >= 4 is 22.4 Å². The zero-order valence-corrected chi connectivity index (χ0v) is 17.7. The summed E-state index contributed by atoms with van der Waals surface area (Å²) < 4.78 is 6.24. The fraction of sp³-hybridized carbons (Fsp3) is 0.148. The second-order valence-corrected chi connectivity index (χ2v) is 7.73. The lowest BCUT2D eigenvalue weighted by molar-refractivity contribution is 0.0697. The summed E-state index contributed by atoms with van der Waals surface area (Å²) in [6, 6.07) is 25.8. The van der Waals surface area contributed by atoms with Gasteiger partial charge in [0.05, 0.1) is 5.56 Å². The number of carboxylic acid groups (broad SMARTS) is 1. The molecule has 0 aliphatic heterocycles. The Balaban J connectivity index is 1.62. The molecule has 0 aromatic heterocycles. The van der Waals surface area contributed by atoms with Gasteiger partial charge >= 0.3 is 5.97 Å². The maximum absolute atomic E-state index is 11.2. The van der Waals surface area contributed by atoms with Crippen molar-refractivity contribution in [2.45, 2.75) is 27.0 Å². The van der Waals surface area contributed by atoms with Gasteiger partial charge in [0.1, 0.15) is 12.4 Å². The van der Waals surface area contributed by atoms with Gasteiger partial charge in [-0.3, -0.25) is 0 Å². The predicted molar refractivity (Wildman–Crippen MR) is 125 cm³/mol. The summed E-state index contributed by atoms with van der Waals surface area (Å²) in [6.45, 7) is 5.05. The Morgan fingerprint density at radius 1 is 0.935 bits per heavy atom. The number of aromatic carboxylic acids is 1. The Kier molecular flexibility index (Phi) is 5.89. The minimum absolute atomic E-state index is 0.287. The third-order valence-corrected chi connectivity index (χ3v) is 5.40. The van der Waals surface area contributed by atoms with E-state index in [4.69, 9.17) is 4.74 Å². The van der Waals surface area contributed by atoms with Crippen LogP contribution in [0.15, 0.2) is 78.9 Å². The zero-order chi connectivity index (χ0) is 21.8. The van der Waals surface area contributed by atoms with Crippen molar-refractivity contribution < 1.29 is 14.6 Å². The lowest BCUT2D eigenvalue weighted by atomic mass is 10.0. The second kappa shape index (κ2) is 8.92. The van der Waals surface area contributed by atoms with Crippen LogP contribution in [0.2, 0.25) is 0 Å². The topological polar surface area (TPSA) is 58.6 Å². The number of anilines is 1. The smallest absolute Gasteiger partial charge is 0.335 e. The van der Waals surface area contributed by atoms with Gasteiger partial charge in [-0.05, 0) is 60.0 Å². The van der Waals surface area contributed by atoms with Crippen LogP contribution in [0.25, 0.3) is 10.8 Å². The van der Waals surface area contributed by atoms with Crippen LogP contribution in [0.5, 0.6) is 5.75 Å². The van der Waals surface area contributed by atoms with Crippen LogP contribution in [0.1, 0.15) is 32.6 Å². The van der Waals surface area contributed by atoms with Crippen molar-refractivity contribution in [3.8, 4) is 5.75 Å². The van der Waals surface area contributed by atoms with E-state index in [1.807, 2.05) is 37.3 Å². The van der Waals surface area contributed by atoms with Crippen LogP contribution in [0.3, 0.4) is 0 Å². The number of aryl methyl sites for hydroxylation is 2. The molecule has 0 atom stereocenters. The summed E-state index contributed by atoms with van der Waals surface area (Å²) in [5.74, 6) is -0.0805. The molecule has 4 aromatic rings. The fourth-order valence-electron chi connectivity index (χ4n) is 3.78. The van der Waals surface area contributed by atoms with Crippen LogP contribution in [-0.2, 0) is 13.2 Å². The van der Waals surface area contributed by atoms with E-state index in [0.29, 0.717) is 13.2 Å². The summed E-state index contributed by atoms with van der Waals surface area (Å²) >= 11 is 0. The first-order valence-electron chi connectivity index (χ1n) is 10.3. The number of fused-ring (bicyclic) bond motifs is 1. The molecule has 31 heavy (non-hydrogen) atoms. The molecular weight excluding hydrogens is 386 g/mol. The highest BCUT2D eigenvalue weighted by molar-refractivity contribution is 5.89. The van der Waals surface area contributed by atoms with Crippen LogP contribution in [0.4, 0.5) is 5.69 Å². The molecule has 0 saturated carbocycles. The Labute approximate surface area is 182 Å². The summed E-state index contributed by atoms with van der Waals surface area (Å²) in [7, 11) is 0. The lowest BCUT2D eigenvalue weighted by Crippen LogP contribution is -2.06. The molecule has 4 rings (SSSR count). The van der Waals surface area contributed by atoms with Gasteiger partial charge < -0.3 is 15.2 Å². The van der Waals surface area contributed by atoms with E-state index in [-0.39, 0.29) is 5.56 Å². The minimum atomic E-state index is -0.921. The van der Waals surface area contributed by atoms with Gasteiger partial charge in [-0.15, -0.1) is 0 Å². The number of benzene rings is 4. The largest absolute Gasteiger partial charge is 0.489 e. The van der Waals surface area contributed by atoms with Crippen molar-refractivity contribution in [2.75, 3.05) is 5.32 Å². The van der Waals surface area contributed by atoms with Gasteiger partial charge in [0, 0.05) is 17.8 Å². The Morgan fingerprint density at radius 2 is 1.77 bits per heavy atom. The number of hydrogen-bond donors (Lipinski definition) is 2. The Morgan fingerprint density at radius 3 is 2.55 bits per heavy atom. The fourth-order valence-corrected chi connectivity index (χ4v) is 3.78. The molecule has 0 unspecified atom stereocenters. The number of hydrogen-bond acceptors (Lipinski definition) is 3. The lowest BCUT2D eigenvalue weighted by Gasteiger charge is -2.17. The Hall–Kier alpha value is -3.79. The first-order valence-corrected chi connectivity index (χ1v) is 10.3. The van der Waals surface area contributed by atoms with E-state index in [9.17, 15) is 9.90 Å². The van der Waals surface area contributed by atoms with E-state index in [0.717, 1.165) is 38.9 Å². The number of carboxylic acids is 1. The Bertz CT molecular complexity index is 1250. The second-order valence-electron chi connectivity index (χ2n) is 7.73. The van der Waals surface area contributed by atoms with Gasteiger partial charge in [-0.25, -0.2) is 4.79 Å². The molecule has 0 saturated heterocycles. The average molecular weight is 412 g/mol. The molecule has 0 bridgehead atoms. The molecule has 2 N–H and O–H groups in total. The molecule has 0 aliphatic carbocycles. The van der Waals surface area contributed by atoms with Crippen molar-refractivity contribution in [1.82, 2.24) is 0 Å². The molecular formula is C27H25NO3. The number of ether oxygens (including phenoxy) is 1. The SMILES string of the molecule is Cc1cccc(COc2ccc3ccccc3c2CNc2ccc(C(=O)O)cc2C)c1. The van der Waals surface area contributed by atoms with E-state index < -0.39 is 5.97 Å². The summed E-state index contributed by atoms with van der Waals surface area (Å²) in [4.78, 5) is 11.2. The molecule has 0 aliphatic rings. The van der Waals surface area contributed by atoms with Crippen LogP contribution < -0.4 is 10.1 Å². The summed E-state index contributed by atoms with van der Waals surface area (Å²) in [5, 5.41) is 14.9.